The monoisotopic (exact) mass is 197 g/mol. The van der Waals surface area contributed by atoms with Crippen molar-refractivity contribution in [2.24, 2.45) is 5.92 Å². The van der Waals surface area contributed by atoms with Crippen LogP contribution >= 0.6 is 0 Å². The fraction of sp³-hybridized carbons (Fsp3) is 0.778. The molecule has 0 aromatic carbocycles. The highest BCUT2D eigenvalue weighted by Gasteiger charge is 2.21. The van der Waals surface area contributed by atoms with Gasteiger partial charge in [0, 0.05) is 32.6 Å². The number of aliphatic hydroxyl groups excluding tert-OH is 1. The van der Waals surface area contributed by atoms with Crippen LogP contribution in [-0.4, -0.2) is 33.6 Å². The second kappa shape index (κ2) is 4.06. The molecular formula is C9H15N3O2. The first-order chi connectivity index (χ1) is 6.85. The second-order valence-corrected chi connectivity index (χ2v) is 3.66. The maximum Gasteiger partial charge on any atom is 0.159 e. The van der Waals surface area contributed by atoms with Crippen LogP contribution < -0.4 is 0 Å². The van der Waals surface area contributed by atoms with Gasteiger partial charge in [0.05, 0.1) is 0 Å². The van der Waals surface area contributed by atoms with Crippen LogP contribution in [0.15, 0.2) is 0 Å². The number of nitrogens with zero attached hydrogens (tertiary/aromatic N) is 3. The second-order valence-electron chi connectivity index (χ2n) is 3.66. The van der Waals surface area contributed by atoms with Crippen LogP contribution in [0.5, 0.6) is 0 Å². The number of methoxy groups -OCH3 is 1. The molecule has 0 aliphatic carbocycles. The highest BCUT2D eigenvalue weighted by molar-refractivity contribution is 4.99. The molecule has 1 aliphatic heterocycles. The maximum absolute atomic E-state index is 9.09. The van der Waals surface area contributed by atoms with Gasteiger partial charge in [0.25, 0.3) is 0 Å². The third kappa shape index (κ3) is 1.65. The van der Waals surface area contributed by atoms with Crippen LogP contribution in [-0.2, 0) is 24.3 Å². The van der Waals surface area contributed by atoms with Gasteiger partial charge in [-0.05, 0) is 6.42 Å². The molecule has 1 unspecified atom stereocenters. The number of rotatable bonds is 3. The number of hydrogen-bond donors (Lipinski definition) is 1. The van der Waals surface area contributed by atoms with E-state index in [1.165, 1.54) is 0 Å². The van der Waals surface area contributed by atoms with Crippen molar-refractivity contribution in [2.45, 2.75) is 26.0 Å². The molecule has 2 heterocycles. The summed E-state index contributed by atoms with van der Waals surface area (Å²) in [5, 5.41) is 17.2. The van der Waals surface area contributed by atoms with Crippen molar-refractivity contribution in [3.63, 3.8) is 0 Å². The minimum Gasteiger partial charge on any atom is -0.396 e. The molecule has 0 bridgehead atoms. The van der Waals surface area contributed by atoms with Gasteiger partial charge < -0.3 is 14.4 Å². The summed E-state index contributed by atoms with van der Waals surface area (Å²) in [4.78, 5) is 0. The Morgan fingerprint density at radius 1 is 1.57 bits per heavy atom. The van der Waals surface area contributed by atoms with Gasteiger partial charge in [-0.1, -0.05) is 0 Å². The van der Waals surface area contributed by atoms with Gasteiger partial charge in [-0.2, -0.15) is 0 Å². The minimum atomic E-state index is 0.240. The molecule has 1 atom stereocenters. The lowest BCUT2D eigenvalue weighted by Gasteiger charge is -2.22. The molecule has 1 aromatic rings. The lowest BCUT2D eigenvalue weighted by Crippen LogP contribution is -2.24. The lowest BCUT2D eigenvalue weighted by atomic mass is 10.0. The molecule has 1 N–H and O–H groups in total. The first kappa shape index (κ1) is 9.61. The van der Waals surface area contributed by atoms with Gasteiger partial charge in [0.2, 0.25) is 0 Å². The quantitative estimate of drug-likeness (QED) is 0.739. The Hall–Kier alpha value is -0.940. The van der Waals surface area contributed by atoms with Crippen molar-refractivity contribution in [3.8, 4) is 0 Å². The average Bonchev–Trinajstić information content (AvgIpc) is 2.61. The SMILES string of the molecule is COCc1nnc2n1CC(CO)CC2. The van der Waals surface area contributed by atoms with Gasteiger partial charge in [-0.25, -0.2) is 0 Å². The third-order valence-corrected chi connectivity index (χ3v) is 2.65. The standard InChI is InChI=1S/C9H15N3O2/c1-14-6-9-11-10-8-3-2-7(5-13)4-12(8)9/h7,13H,2-6H2,1H3. The van der Waals surface area contributed by atoms with Crippen molar-refractivity contribution in [1.82, 2.24) is 14.8 Å². The fourth-order valence-corrected chi connectivity index (χ4v) is 1.84. The molecule has 2 rings (SSSR count). The summed E-state index contributed by atoms with van der Waals surface area (Å²) < 4.78 is 7.10. The van der Waals surface area contributed by atoms with Gasteiger partial charge in [-0.15, -0.1) is 10.2 Å². The van der Waals surface area contributed by atoms with Crippen molar-refractivity contribution >= 4 is 0 Å². The summed E-state index contributed by atoms with van der Waals surface area (Å²) in [6.07, 6.45) is 1.91. The molecule has 0 saturated heterocycles. The molecule has 5 heteroatoms. The normalized spacial score (nSPS) is 20.9. The molecule has 5 nitrogen and oxygen atoms in total. The molecule has 78 valence electrons. The van der Waals surface area contributed by atoms with Crippen LogP contribution in [0.4, 0.5) is 0 Å². The van der Waals surface area contributed by atoms with E-state index in [2.05, 4.69) is 14.8 Å². The fourth-order valence-electron chi connectivity index (χ4n) is 1.84. The van der Waals surface area contributed by atoms with Gasteiger partial charge in [0.1, 0.15) is 12.4 Å². The maximum atomic E-state index is 9.09. The van der Waals surface area contributed by atoms with Crippen molar-refractivity contribution < 1.29 is 9.84 Å². The van der Waals surface area contributed by atoms with Crippen LogP contribution in [0.2, 0.25) is 0 Å². The average molecular weight is 197 g/mol. The molecule has 0 radical (unpaired) electrons. The Labute approximate surface area is 82.7 Å². The van der Waals surface area contributed by atoms with E-state index in [1.54, 1.807) is 7.11 Å². The van der Waals surface area contributed by atoms with Crippen LogP contribution in [0.3, 0.4) is 0 Å². The molecule has 0 saturated carbocycles. The number of hydrogen-bond acceptors (Lipinski definition) is 4. The molecule has 0 fully saturated rings. The Morgan fingerprint density at radius 2 is 2.43 bits per heavy atom. The van der Waals surface area contributed by atoms with E-state index < -0.39 is 0 Å². The number of aryl methyl sites for hydroxylation is 1. The number of aliphatic hydroxyl groups is 1. The zero-order valence-corrected chi connectivity index (χ0v) is 8.31. The number of aromatic nitrogens is 3. The van der Waals surface area contributed by atoms with E-state index in [-0.39, 0.29) is 6.61 Å². The Bertz CT molecular complexity index is 311. The summed E-state index contributed by atoms with van der Waals surface area (Å²) >= 11 is 0. The highest BCUT2D eigenvalue weighted by atomic mass is 16.5. The highest BCUT2D eigenvalue weighted by Crippen LogP contribution is 2.19. The van der Waals surface area contributed by atoms with E-state index in [0.717, 1.165) is 31.0 Å². The van der Waals surface area contributed by atoms with Gasteiger partial charge >= 0.3 is 0 Å². The number of fused-ring (bicyclic) bond motifs is 1. The zero-order valence-electron chi connectivity index (χ0n) is 8.31. The predicted molar refractivity (Wildman–Crippen MR) is 49.6 cm³/mol. The minimum absolute atomic E-state index is 0.240. The van der Waals surface area contributed by atoms with E-state index in [9.17, 15) is 0 Å². The summed E-state index contributed by atoms with van der Waals surface area (Å²) in [6, 6.07) is 0. The summed E-state index contributed by atoms with van der Waals surface area (Å²) in [6.45, 7) is 1.55. The van der Waals surface area contributed by atoms with Crippen LogP contribution in [0, 0.1) is 5.92 Å². The zero-order chi connectivity index (χ0) is 9.97. The van der Waals surface area contributed by atoms with Crippen molar-refractivity contribution in [3.05, 3.63) is 11.6 Å². The van der Waals surface area contributed by atoms with E-state index in [4.69, 9.17) is 9.84 Å². The molecule has 1 aromatic heterocycles. The molecule has 1 aliphatic rings. The van der Waals surface area contributed by atoms with E-state index in [1.807, 2.05) is 0 Å². The molecular weight excluding hydrogens is 182 g/mol. The van der Waals surface area contributed by atoms with E-state index >= 15 is 0 Å². The molecule has 0 amide bonds. The number of ether oxygens (including phenoxy) is 1. The van der Waals surface area contributed by atoms with Crippen LogP contribution in [0.1, 0.15) is 18.1 Å². The third-order valence-electron chi connectivity index (χ3n) is 2.65. The Morgan fingerprint density at radius 3 is 3.14 bits per heavy atom. The molecule has 14 heavy (non-hydrogen) atoms. The Balaban J connectivity index is 2.19. The topological polar surface area (TPSA) is 60.2 Å². The smallest absolute Gasteiger partial charge is 0.159 e. The van der Waals surface area contributed by atoms with E-state index in [0.29, 0.717) is 12.5 Å². The van der Waals surface area contributed by atoms with Gasteiger partial charge in [0.15, 0.2) is 5.82 Å². The van der Waals surface area contributed by atoms with Crippen molar-refractivity contribution in [2.75, 3.05) is 13.7 Å². The summed E-state index contributed by atoms with van der Waals surface area (Å²) in [5.74, 6) is 2.22. The van der Waals surface area contributed by atoms with Gasteiger partial charge in [-0.3, -0.25) is 0 Å². The van der Waals surface area contributed by atoms with Crippen LogP contribution in [0.25, 0.3) is 0 Å². The Kier molecular flexibility index (Phi) is 2.79. The lowest BCUT2D eigenvalue weighted by molar-refractivity contribution is 0.161. The van der Waals surface area contributed by atoms with Crippen molar-refractivity contribution in [1.29, 1.82) is 0 Å². The summed E-state index contributed by atoms with van der Waals surface area (Å²) in [5.41, 5.74) is 0. The molecule has 0 spiro atoms. The summed E-state index contributed by atoms with van der Waals surface area (Å²) in [7, 11) is 1.65. The largest absolute Gasteiger partial charge is 0.396 e. The first-order valence-corrected chi connectivity index (χ1v) is 4.86. The predicted octanol–water partition coefficient (Wildman–Crippen LogP) is -0.0208. The first-order valence-electron chi connectivity index (χ1n) is 4.86.